The van der Waals surface area contributed by atoms with Gasteiger partial charge in [0.1, 0.15) is 16.8 Å². The zero-order valence-electron chi connectivity index (χ0n) is 18.4. The number of halogens is 1. The third-order valence-electron chi connectivity index (χ3n) is 5.75. The Hall–Kier alpha value is -3.47. The van der Waals surface area contributed by atoms with E-state index in [0.29, 0.717) is 10.9 Å². The van der Waals surface area contributed by atoms with Gasteiger partial charge in [-0.2, -0.15) is 0 Å². The molecule has 0 radical (unpaired) electrons. The summed E-state index contributed by atoms with van der Waals surface area (Å²) < 4.78 is 18.5. The number of non-ortho nitro benzene ring substituents is 1. The fraction of sp³-hybridized carbons (Fsp3) is 0.348. The normalized spacial score (nSPS) is 19.6. The van der Waals surface area contributed by atoms with E-state index < -0.39 is 16.1 Å². The van der Waals surface area contributed by atoms with Gasteiger partial charge in [-0.25, -0.2) is 9.38 Å². The molecule has 1 heterocycles. The molecule has 1 aliphatic carbocycles. The van der Waals surface area contributed by atoms with Crippen LogP contribution in [0, 0.1) is 15.9 Å². The maximum atomic E-state index is 13.3. The monoisotopic (exact) mass is 486 g/mol. The molecule has 0 spiro atoms. The Morgan fingerprint density at radius 1 is 1.26 bits per heavy atom. The van der Waals surface area contributed by atoms with Gasteiger partial charge in [-0.1, -0.05) is 24.6 Å². The largest absolute Gasteiger partial charge is 0.495 e. The van der Waals surface area contributed by atoms with Gasteiger partial charge in [0.2, 0.25) is 11.8 Å². The van der Waals surface area contributed by atoms with E-state index in [9.17, 15) is 24.1 Å². The van der Waals surface area contributed by atoms with Gasteiger partial charge in [-0.15, -0.1) is 0 Å². The second-order valence-electron chi connectivity index (χ2n) is 8.02. The number of rotatable bonds is 7. The predicted molar refractivity (Wildman–Crippen MR) is 127 cm³/mol. The van der Waals surface area contributed by atoms with Crippen molar-refractivity contribution in [3.05, 3.63) is 58.4 Å². The zero-order valence-corrected chi connectivity index (χ0v) is 19.2. The van der Waals surface area contributed by atoms with Crippen molar-refractivity contribution in [2.75, 3.05) is 12.4 Å². The number of carbonyl (C=O) groups is 2. The Balaban J connectivity index is 1.53. The number of aliphatic imine (C=N–C) groups is 1. The van der Waals surface area contributed by atoms with Crippen LogP contribution in [0.2, 0.25) is 0 Å². The molecular formula is C23H23FN4O5S. The second kappa shape index (κ2) is 10.2. The molecule has 2 aliphatic rings. The number of carbonyl (C=O) groups excluding carboxylic acids is 2. The summed E-state index contributed by atoms with van der Waals surface area (Å²) in [5, 5.41) is 13.5. The first kappa shape index (κ1) is 23.7. The topological polar surface area (TPSA) is 114 Å². The number of nitro groups is 1. The van der Waals surface area contributed by atoms with E-state index >= 15 is 0 Å². The molecule has 2 fully saturated rings. The maximum absolute atomic E-state index is 13.3. The number of amides is 2. The molecule has 1 N–H and O–H groups in total. The highest BCUT2D eigenvalue weighted by Crippen LogP contribution is 2.37. The molecule has 2 aromatic carbocycles. The predicted octanol–water partition coefficient (Wildman–Crippen LogP) is 4.65. The van der Waals surface area contributed by atoms with E-state index in [1.165, 1.54) is 61.3 Å². The highest BCUT2D eigenvalue weighted by Gasteiger charge is 2.43. The molecule has 4 rings (SSSR count). The fourth-order valence-corrected chi connectivity index (χ4v) is 5.31. The molecule has 1 saturated carbocycles. The lowest BCUT2D eigenvalue weighted by atomic mass is 10.2. The third-order valence-corrected chi connectivity index (χ3v) is 6.90. The summed E-state index contributed by atoms with van der Waals surface area (Å²) >= 11 is 1.20. The van der Waals surface area contributed by atoms with Gasteiger partial charge in [0.15, 0.2) is 5.17 Å². The minimum absolute atomic E-state index is 0.0177. The van der Waals surface area contributed by atoms with Crippen molar-refractivity contribution in [2.45, 2.75) is 43.4 Å². The SMILES string of the molecule is COc1ccc([N+](=O)[O-])cc1NC(=O)C[C@H]1SC(=Nc2ccc(F)cc2)N(C2CCCC2)C1=O. The first-order valence-electron chi connectivity index (χ1n) is 10.8. The molecular weight excluding hydrogens is 463 g/mol. The molecule has 1 aliphatic heterocycles. The Bertz CT molecular complexity index is 1130. The van der Waals surface area contributed by atoms with Crippen molar-refractivity contribution in [2.24, 2.45) is 4.99 Å². The van der Waals surface area contributed by atoms with Crippen molar-refractivity contribution in [3.8, 4) is 5.75 Å². The van der Waals surface area contributed by atoms with Crippen LogP contribution in [0.5, 0.6) is 5.75 Å². The number of ether oxygens (including phenoxy) is 1. The molecule has 9 nitrogen and oxygen atoms in total. The van der Waals surface area contributed by atoms with Crippen molar-refractivity contribution in [3.63, 3.8) is 0 Å². The Morgan fingerprint density at radius 2 is 1.97 bits per heavy atom. The average molecular weight is 487 g/mol. The maximum Gasteiger partial charge on any atom is 0.271 e. The summed E-state index contributed by atoms with van der Waals surface area (Å²) in [7, 11) is 1.39. The summed E-state index contributed by atoms with van der Waals surface area (Å²) in [6.07, 6.45) is 3.61. The highest BCUT2D eigenvalue weighted by atomic mass is 32.2. The molecule has 1 saturated heterocycles. The molecule has 2 aromatic rings. The van der Waals surface area contributed by atoms with Crippen LogP contribution in [-0.4, -0.2) is 45.2 Å². The van der Waals surface area contributed by atoms with E-state index in [1.807, 2.05) is 0 Å². The van der Waals surface area contributed by atoms with Gasteiger partial charge < -0.3 is 10.1 Å². The highest BCUT2D eigenvalue weighted by molar-refractivity contribution is 8.15. The lowest BCUT2D eigenvalue weighted by Crippen LogP contribution is -2.40. The third kappa shape index (κ3) is 5.19. The average Bonchev–Trinajstić information content (AvgIpc) is 3.43. The molecule has 0 bridgehead atoms. The van der Waals surface area contributed by atoms with Crippen molar-refractivity contribution in [1.82, 2.24) is 4.90 Å². The van der Waals surface area contributed by atoms with Crippen LogP contribution in [-0.2, 0) is 9.59 Å². The number of nitrogens with one attached hydrogen (secondary N) is 1. The Morgan fingerprint density at radius 3 is 2.62 bits per heavy atom. The summed E-state index contributed by atoms with van der Waals surface area (Å²) in [6, 6.07) is 9.59. The number of methoxy groups -OCH3 is 1. The van der Waals surface area contributed by atoms with Crippen LogP contribution in [0.4, 0.5) is 21.5 Å². The summed E-state index contributed by atoms with van der Waals surface area (Å²) in [5.41, 5.74) is 0.486. The first-order valence-corrected chi connectivity index (χ1v) is 11.7. The number of anilines is 1. The summed E-state index contributed by atoms with van der Waals surface area (Å²) in [6.45, 7) is 0. The van der Waals surface area contributed by atoms with E-state index in [2.05, 4.69) is 10.3 Å². The minimum Gasteiger partial charge on any atom is -0.495 e. The number of nitrogens with zero attached hydrogens (tertiary/aromatic N) is 3. The number of hydrogen-bond acceptors (Lipinski definition) is 7. The van der Waals surface area contributed by atoms with Gasteiger partial charge in [-0.3, -0.25) is 24.6 Å². The van der Waals surface area contributed by atoms with Crippen LogP contribution in [0.15, 0.2) is 47.5 Å². The van der Waals surface area contributed by atoms with Crippen molar-refractivity contribution < 1.29 is 23.6 Å². The number of thioether (sulfide) groups is 1. The summed E-state index contributed by atoms with van der Waals surface area (Å²) in [4.78, 5) is 42.8. The first-order chi connectivity index (χ1) is 16.4. The number of amidine groups is 1. The van der Waals surface area contributed by atoms with Gasteiger partial charge in [0.25, 0.3) is 5.69 Å². The fourth-order valence-electron chi connectivity index (χ4n) is 4.09. The van der Waals surface area contributed by atoms with Crippen LogP contribution < -0.4 is 10.1 Å². The second-order valence-corrected chi connectivity index (χ2v) is 9.19. The van der Waals surface area contributed by atoms with Crippen LogP contribution in [0.1, 0.15) is 32.1 Å². The number of benzene rings is 2. The van der Waals surface area contributed by atoms with E-state index in [4.69, 9.17) is 4.74 Å². The molecule has 2 amide bonds. The standard InChI is InChI=1S/C23H23FN4O5S/c1-33-19-11-10-17(28(31)32)12-18(19)26-21(29)13-20-22(30)27(16-4-2-3-5-16)23(34-20)25-15-8-6-14(24)7-9-15/h6-12,16,20H,2-5,13H2,1H3,(H,26,29)/t20-/m1/s1. The number of nitro benzene ring substituents is 1. The van der Waals surface area contributed by atoms with Gasteiger partial charge in [0, 0.05) is 24.6 Å². The van der Waals surface area contributed by atoms with Crippen LogP contribution >= 0.6 is 11.8 Å². The molecule has 34 heavy (non-hydrogen) atoms. The van der Waals surface area contributed by atoms with E-state index in [0.717, 1.165) is 25.7 Å². The zero-order chi connectivity index (χ0) is 24.2. The summed E-state index contributed by atoms with van der Waals surface area (Å²) in [5.74, 6) is -0.772. The molecule has 178 valence electrons. The number of hydrogen-bond donors (Lipinski definition) is 1. The van der Waals surface area contributed by atoms with E-state index in [1.54, 1.807) is 4.90 Å². The van der Waals surface area contributed by atoms with E-state index in [-0.39, 0.29) is 41.3 Å². The Kier molecular flexibility index (Phi) is 7.11. The van der Waals surface area contributed by atoms with Gasteiger partial charge in [0.05, 0.1) is 23.4 Å². The van der Waals surface area contributed by atoms with Crippen LogP contribution in [0.3, 0.4) is 0 Å². The molecule has 0 aromatic heterocycles. The van der Waals surface area contributed by atoms with Crippen molar-refractivity contribution >= 4 is 45.8 Å². The molecule has 11 heteroatoms. The van der Waals surface area contributed by atoms with Crippen LogP contribution in [0.25, 0.3) is 0 Å². The lowest BCUT2D eigenvalue weighted by Gasteiger charge is -2.23. The van der Waals surface area contributed by atoms with Gasteiger partial charge in [-0.05, 0) is 43.2 Å². The molecule has 0 unspecified atom stereocenters. The molecule has 1 atom stereocenters. The lowest BCUT2D eigenvalue weighted by molar-refractivity contribution is -0.384. The van der Waals surface area contributed by atoms with Crippen molar-refractivity contribution in [1.29, 1.82) is 0 Å². The minimum atomic E-state index is -0.690. The quantitative estimate of drug-likeness (QED) is 0.450. The smallest absolute Gasteiger partial charge is 0.271 e. The van der Waals surface area contributed by atoms with Gasteiger partial charge >= 0.3 is 0 Å². The Labute approximate surface area is 199 Å².